The van der Waals surface area contributed by atoms with Crippen LogP contribution in [-0.4, -0.2) is 11.7 Å². The number of ether oxygens (including phenoxy) is 1. The van der Waals surface area contributed by atoms with Gasteiger partial charge in [0.1, 0.15) is 5.75 Å². The SMILES string of the molecule is OC1(c2cccc3c2OCC3)CCC2(CCCC2)CC1. The van der Waals surface area contributed by atoms with Crippen molar-refractivity contribution in [3.63, 3.8) is 0 Å². The predicted octanol–water partition coefficient (Wildman–Crippen LogP) is 3.94. The molecule has 4 rings (SSSR count). The Kier molecular flexibility index (Phi) is 2.85. The van der Waals surface area contributed by atoms with Crippen molar-refractivity contribution in [1.29, 1.82) is 0 Å². The lowest BCUT2D eigenvalue weighted by molar-refractivity contribution is -0.0390. The first-order valence-electron chi connectivity index (χ1n) is 8.19. The van der Waals surface area contributed by atoms with Crippen molar-refractivity contribution in [2.24, 2.45) is 5.41 Å². The first-order valence-corrected chi connectivity index (χ1v) is 8.19. The van der Waals surface area contributed by atoms with Crippen LogP contribution in [0.1, 0.15) is 62.5 Å². The lowest BCUT2D eigenvalue weighted by Gasteiger charge is -2.42. The quantitative estimate of drug-likeness (QED) is 0.839. The Hall–Kier alpha value is -1.02. The minimum absolute atomic E-state index is 0.561. The van der Waals surface area contributed by atoms with Gasteiger partial charge in [-0.25, -0.2) is 0 Å². The maximum atomic E-state index is 11.2. The van der Waals surface area contributed by atoms with E-state index in [2.05, 4.69) is 18.2 Å². The lowest BCUT2D eigenvalue weighted by atomic mass is 9.66. The second-order valence-corrected chi connectivity index (χ2v) is 7.13. The second-order valence-electron chi connectivity index (χ2n) is 7.13. The van der Waals surface area contributed by atoms with Gasteiger partial charge < -0.3 is 9.84 Å². The van der Waals surface area contributed by atoms with Gasteiger partial charge in [-0.1, -0.05) is 31.0 Å². The van der Waals surface area contributed by atoms with E-state index >= 15 is 0 Å². The molecule has 1 heterocycles. The summed E-state index contributed by atoms with van der Waals surface area (Å²) in [5.41, 5.74) is 2.24. The van der Waals surface area contributed by atoms with Gasteiger partial charge in [-0.05, 0) is 49.5 Å². The molecular formula is C18H24O2. The number of rotatable bonds is 1. The van der Waals surface area contributed by atoms with Crippen LogP contribution >= 0.6 is 0 Å². The van der Waals surface area contributed by atoms with Gasteiger partial charge in [-0.2, -0.15) is 0 Å². The smallest absolute Gasteiger partial charge is 0.128 e. The zero-order valence-electron chi connectivity index (χ0n) is 12.2. The Labute approximate surface area is 121 Å². The number of hydrogen-bond acceptors (Lipinski definition) is 2. The molecule has 20 heavy (non-hydrogen) atoms. The van der Waals surface area contributed by atoms with Crippen molar-refractivity contribution in [3.8, 4) is 5.75 Å². The van der Waals surface area contributed by atoms with Gasteiger partial charge in [0.25, 0.3) is 0 Å². The van der Waals surface area contributed by atoms with E-state index in [4.69, 9.17) is 4.74 Å². The highest BCUT2D eigenvalue weighted by molar-refractivity contribution is 5.47. The van der Waals surface area contributed by atoms with Gasteiger partial charge in [0.05, 0.1) is 12.2 Å². The third kappa shape index (κ3) is 1.88. The number of benzene rings is 1. The van der Waals surface area contributed by atoms with Crippen molar-refractivity contribution >= 4 is 0 Å². The standard InChI is InChI=1S/C18H24O2/c19-18(11-9-17(10-12-18)7-1-2-8-17)15-5-3-4-14-6-13-20-16(14)15/h3-5,19H,1-2,6-13H2. The maximum absolute atomic E-state index is 11.2. The van der Waals surface area contributed by atoms with Crippen LogP contribution in [0, 0.1) is 5.41 Å². The highest BCUT2D eigenvalue weighted by atomic mass is 16.5. The average Bonchev–Trinajstić information content (AvgIpc) is 3.12. The van der Waals surface area contributed by atoms with Gasteiger partial charge in [-0.15, -0.1) is 0 Å². The fourth-order valence-corrected chi connectivity index (χ4v) is 4.67. The molecule has 0 atom stereocenters. The highest BCUT2D eigenvalue weighted by Crippen LogP contribution is 2.54. The Morgan fingerprint density at radius 3 is 2.45 bits per heavy atom. The summed E-state index contributed by atoms with van der Waals surface area (Å²) >= 11 is 0. The molecule has 2 saturated carbocycles. The Bertz CT molecular complexity index is 504. The van der Waals surface area contributed by atoms with Gasteiger partial charge >= 0.3 is 0 Å². The fraction of sp³-hybridized carbons (Fsp3) is 0.667. The molecule has 1 spiro atoms. The van der Waals surface area contributed by atoms with E-state index in [0.717, 1.165) is 37.2 Å². The zero-order valence-corrected chi connectivity index (χ0v) is 12.2. The summed E-state index contributed by atoms with van der Waals surface area (Å²) in [5, 5.41) is 11.2. The molecule has 3 aliphatic rings. The van der Waals surface area contributed by atoms with Crippen LogP contribution < -0.4 is 4.74 Å². The van der Waals surface area contributed by atoms with Crippen molar-refractivity contribution in [2.75, 3.05) is 6.61 Å². The normalized spacial score (nSPS) is 26.4. The van der Waals surface area contributed by atoms with Gasteiger partial charge in [0, 0.05) is 12.0 Å². The van der Waals surface area contributed by atoms with Crippen LogP contribution in [0.4, 0.5) is 0 Å². The zero-order chi connectivity index (χ0) is 13.6. The van der Waals surface area contributed by atoms with Gasteiger partial charge in [-0.3, -0.25) is 0 Å². The largest absolute Gasteiger partial charge is 0.493 e. The summed E-state index contributed by atoms with van der Waals surface area (Å²) in [6, 6.07) is 6.30. The average molecular weight is 272 g/mol. The van der Waals surface area contributed by atoms with Crippen LogP contribution in [-0.2, 0) is 12.0 Å². The molecule has 1 aromatic carbocycles. The van der Waals surface area contributed by atoms with Gasteiger partial charge in [0.2, 0.25) is 0 Å². The molecule has 108 valence electrons. The molecule has 0 saturated heterocycles. The molecule has 2 heteroatoms. The number of para-hydroxylation sites is 1. The summed E-state index contributed by atoms with van der Waals surface area (Å²) in [7, 11) is 0. The van der Waals surface area contributed by atoms with E-state index in [0.29, 0.717) is 5.41 Å². The van der Waals surface area contributed by atoms with E-state index in [-0.39, 0.29) is 0 Å². The predicted molar refractivity (Wildman–Crippen MR) is 78.9 cm³/mol. The van der Waals surface area contributed by atoms with Crippen LogP contribution in [0.2, 0.25) is 0 Å². The molecule has 0 aromatic heterocycles. The Balaban J connectivity index is 1.61. The molecular weight excluding hydrogens is 248 g/mol. The molecule has 1 aromatic rings. The third-order valence-electron chi connectivity index (χ3n) is 6.02. The summed E-state index contributed by atoms with van der Waals surface area (Å²) in [6.07, 6.45) is 10.7. The van der Waals surface area contributed by atoms with Gasteiger partial charge in [0.15, 0.2) is 0 Å². The van der Waals surface area contributed by atoms with E-state index in [1.165, 1.54) is 44.1 Å². The highest BCUT2D eigenvalue weighted by Gasteiger charge is 2.45. The van der Waals surface area contributed by atoms with Crippen molar-refractivity contribution in [3.05, 3.63) is 29.3 Å². The summed E-state index contributed by atoms with van der Waals surface area (Å²) in [5.74, 6) is 0.984. The summed E-state index contributed by atoms with van der Waals surface area (Å²) in [6.45, 7) is 0.770. The summed E-state index contributed by atoms with van der Waals surface area (Å²) in [4.78, 5) is 0. The van der Waals surface area contributed by atoms with Crippen LogP contribution in [0.5, 0.6) is 5.75 Å². The van der Waals surface area contributed by atoms with E-state index < -0.39 is 5.60 Å². The first kappa shape index (κ1) is 12.7. The molecule has 2 fully saturated rings. The van der Waals surface area contributed by atoms with E-state index in [1.54, 1.807) is 0 Å². The Morgan fingerprint density at radius 1 is 0.950 bits per heavy atom. The maximum Gasteiger partial charge on any atom is 0.128 e. The fourth-order valence-electron chi connectivity index (χ4n) is 4.67. The monoisotopic (exact) mass is 272 g/mol. The minimum atomic E-state index is -0.649. The second kappa shape index (κ2) is 4.49. The van der Waals surface area contributed by atoms with Crippen molar-refractivity contribution < 1.29 is 9.84 Å². The molecule has 2 aliphatic carbocycles. The molecule has 0 amide bonds. The van der Waals surface area contributed by atoms with E-state index in [9.17, 15) is 5.11 Å². The third-order valence-corrected chi connectivity index (χ3v) is 6.02. The van der Waals surface area contributed by atoms with Crippen molar-refractivity contribution in [2.45, 2.75) is 63.4 Å². The van der Waals surface area contributed by atoms with Crippen LogP contribution in [0.3, 0.4) is 0 Å². The summed E-state index contributed by atoms with van der Waals surface area (Å²) < 4.78 is 5.81. The molecule has 0 unspecified atom stereocenters. The first-order chi connectivity index (χ1) is 9.71. The topological polar surface area (TPSA) is 29.5 Å². The van der Waals surface area contributed by atoms with Crippen LogP contribution in [0.25, 0.3) is 0 Å². The Morgan fingerprint density at radius 2 is 1.70 bits per heavy atom. The lowest BCUT2D eigenvalue weighted by Crippen LogP contribution is -2.36. The minimum Gasteiger partial charge on any atom is -0.493 e. The van der Waals surface area contributed by atoms with E-state index in [1.807, 2.05) is 0 Å². The van der Waals surface area contributed by atoms with Crippen LogP contribution in [0.15, 0.2) is 18.2 Å². The van der Waals surface area contributed by atoms with Crippen molar-refractivity contribution in [1.82, 2.24) is 0 Å². The molecule has 0 radical (unpaired) electrons. The molecule has 1 aliphatic heterocycles. The number of hydrogen-bond donors (Lipinski definition) is 1. The molecule has 1 N–H and O–H groups in total. The molecule has 2 nitrogen and oxygen atoms in total. The molecule has 0 bridgehead atoms. The number of aliphatic hydroxyl groups is 1. The number of fused-ring (bicyclic) bond motifs is 1.